The molecule has 0 spiro atoms. The van der Waals surface area contributed by atoms with Gasteiger partial charge in [-0.3, -0.25) is 4.79 Å². The third-order valence-electron chi connectivity index (χ3n) is 5.90. The summed E-state index contributed by atoms with van der Waals surface area (Å²) in [5, 5.41) is 0. The van der Waals surface area contributed by atoms with Gasteiger partial charge in [-0.15, -0.1) is 0 Å². The Bertz CT molecular complexity index is 908. The summed E-state index contributed by atoms with van der Waals surface area (Å²) in [4.78, 5) is 15.3. The summed E-state index contributed by atoms with van der Waals surface area (Å²) in [6.07, 6.45) is 1.78. The molecule has 0 amide bonds. The van der Waals surface area contributed by atoms with E-state index < -0.39 is 0 Å². The zero-order valence-corrected chi connectivity index (χ0v) is 22.5. The van der Waals surface area contributed by atoms with E-state index in [0.29, 0.717) is 57.5 Å². The molecule has 0 atom stereocenters. The van der Waals surface area contributed by atoms with Gasteiger partial charge in [0.2, 0.25) is 0 Å². The average molecular weight is 503 g/mol. The normalized spacial score (nSPS) is 10.8. The molecule has 8 nitrogen and oxygen atoms in total. The van der Waals surface area contributed by atoms with Crippen molar-refractivity contribution in [2.75, 3.05) is 90.3 Å². The lowest BCUT2D eigenvalue weighted by Crippen LogP contribution is -2.31. The summed E-state index contributed by atoms with van der Waals surface area (Å²) in [7, 11) is 5.28. The molecule has 0 fully saturated rings. The van der Waals surface area contributed by atoms with Gasteiger partial charge in [0.1, 0.15) is 17.8 Å². The number of hydrogen-bond donors (Lipinski definition) is 0. The van der Waals surface area contributed by atoms with Gasteiger partial charge >= 0.3 is 0 Å². The van der Waals surface area contributed by atoms with Gasteiger partial charge in [0, 0.05) is 38.9 Å². The van der Waals surface area contributed by atoms with Crippen molar-refractivity contribution in [3.8, 4) is 11.5 Å². The molecule has 36 heavy (non-hydrogen) atoms. The Morgan fingerprint density at radius 3 is 1.97 bits per heavy atom. The maximum absolute atomic E-state index is 11.0. The van der Waals surface area contributed by atoms with E-state index in [1.165, 1.54) is 5.56 Å². The number of ether oxygens (including phenoxy) is 5. The fraction of sp³-hybridized carbons (Fsp3) is 0.536. The monoisotopic (exact) mass is 502 g/mol. The third-order valence-corrected chi connectivity index (χ3v) is 5.90. The first-order valence-corrected chi connectivity index (χ1v) is 12.6. The molecule has 0 radical (unpaired) electrons. The van der Waals surface area contributed by atoms with Gasteiger partial charge in [-0.05, 0) is 49.2 Å². The fourth-order valence-corrected chi connectivity index (χ4v) is 3.78. The Labute approximate surface area is 216 Å². The summed E-state index contributed by atoms with van der Waals surface area (Å²) in [5.41, 5.74) is 3.80. The molecule has 200 valence electrons. The van der Waals surface area contributed by atoms with Gasteiger partial charge in [0.05, 0.1) is 58.6 Å². The van der Waals surface area contributed by atoms with Crippen LogP contribution in [-0.2, 0) is 20.6 Å². The Morgan fingerprint density at radius 1 is 0.750 bits per heavy atom. The van der Waals surface area contributed by atoms with Crippen LogP contribution in [0.25, 0.3) is 0 Å². The number of carbonyl (C=O) groups excluding carboxylic acids is 1. The molecule has 0 aliphatic carbocycles. The Hall–Kier alpha value is -2.81. The minimum Gasteiger partial charge on any atom is -0.495 e. The van der Waals surface area contributed by atoms with Gasteiger partial charge in [-0.1, -0.05) is 13.0 Å². The molecule has 2 aromatic rings. The highest BCUT2D eigenvalue weighted by molar-refractivity contribution is 5.78. The molecule has 2 aromatic carbocycles. The number of likely N-dealkylation sites (N-methyl/N-ethyl adjacent to an activating group) is 1. The molecule has 0 bridgehead atoms. The van der Waals surface area contributed by atoms with Gasteiger partial charge < -0.3 is 33.5 Å². The minimum absolute atomic E-state index is 0.516. The van der Waals surface area contributed by atoms with Crippen LogP contribution < -0.4 is 19.3 Å². The average Bonchev–Trinajstić information content (AvgIpc) is 2.92. The first kappa shape index (κ1) is 29.4. The van der Waals surface area contributed by atoms with E-state index in [2.05, 4.69) is 30.0 Å². The number of aryl methyl sites for hydroxylation is 1. The molecular formula is C28H42N2O6. The summed E-state index contributed by atoms with van der Waals surface area (Å²) >= 11 is 0. The van der Waals surface area contributed by atoms with Crippen molar-refractivity contribution >= 4 is 17.7 Å². The molecule has 0 saturated heterocycles. The van der Waals surface area contributed by atoms with E-state index in [-0.39, 0.29) is 0 Å². The predicted octanol–water partition coefficient (Wildman–Crippen LogP) is 4.09. The number of carbonyl (C=O) groups is 1. The first-order chi connectivity index (χ1) is 17.6. The van der Waals surface area contributed by atoms with Crippen LogP contribution in [0.5, 0.6) is 11.5 Å². The van der Waals surface area contributed by atoms with Crippen LogP contribution in [0.2, 0.25) is 0 Å². The van der Waals surface area contributed by atoms with Crippen molar-refractivity contribution in [2.45, 2.75) is 20.3 Å². The van der Waals surface area contributed by atoms with Crippen molar-refractivity contribution in [1.29, 1.82) is 0 Å². The van der Waals surface area contributed by atoms with E-state index >= 15 is 0 Å². The van der Waals surface area contributed by atoms with Crippen LogP contribution in [-0.4, -0.2) is 86.8 Å². The van der Waals surface area contributed by atoms with E-state index in [0.717, 1.165) is 42.9 Å². The second-order valence-corrected chi connectivity index (χ2v) is 8.24. The number of anilines is 2. The standard InChI is InChI=1S/C28H42N2O6/c1-6-23-8-11-26(28(20-23)33-5)30(13-16-34-7-2)14-17-36-19-18-35-15-12-29(3)25-10-9-24(22-31)21-27(25)32-4/h8-11,20-22H,6-7,12-19H2,1-5H3. The van der Waals surface area contributed by atoms with Crippen molar-refractivity contribution in [3.63, 3.8) is 0 Å². The van der Waals surface area contributed by atoms with Crippen LogP contribution in [0.3, 0.4) is 0 Å². The molecule has 2 rings (SSSR count). The predicted molar refractivity (Wildman–Crippen MR) is 144 cm³/mol. The van der Waals surface area contributed by atoms with Gasteiger partial charge in [0.15, 0.2) is 0 Å². The minimum atomic E-state index is 0.516. The van der Waals surface area contributed by atoms with Crippen molar-refractivity contribution in [3.05, 3.63) is 47.5 Å². The second-order valence-electron chi connectivity index (χ2n) is 8.24. The lowest BCUT2D eigenvalue weighted by molar-refractivity contribution is 0.0527. The number of aldehydes is 1. The topological polar surface area (TPSA) is 69.7 Å². The zero-order valence-electron chi connectivity index (χ0n) is 22.5. The number of rotatable bonds is 19. The van der Waals surface area contributed by atoms with Gasteiger partial charge in [-0.25, -0.2) is 0 Å². The van der Waals surface area contributed by atoms with Gasteiger partial charge in [-0.2, -0.15) is 0 Å². The zero-order chi connectivity index (χ0) is 26.2. The van der Waals surface area contributed by atoms with E-state index in [9.17, 15) is 4.79 Å². The van der Waals surface area contributed by atoms with E-state index in [4.69, 9.17) is 23.7 Å². The largest absolute Gasteiger partial charge is 0.495 e. The smallest absolute Gasteiger partial charge is 0.150 e. The molecule has 0 saturated carbocycles. The SMILES string of the molecule is CCOCCN(CCOCCOCCN(C)c1ccc(C=O)cc1OC)c1ccc(CC)cc1OC. The summed E-state index contributed by atoms with van der Waals surface area (Å²) in [5.74, 6) is 1.54. The fourth-order valence-electron chi connectivity index (χ4n) is 3.78. The number of nitrogens with zero attached hydrogens (tertiary/aromatic N) is 2. The maximum Gasteiger partial charge on any atom is 0.150 e. The van der Waals surface area contributed by atoms with Crippen molar-refractivity contribution in [2.24, 2.45) is 0 Å². The Morgan fingerprint density at radius 2 is 1.36 bits per heavy atom. The van der Waals surface area contributed by atoms with Crippen LogP contribution in [0, 0.1) is 0 Å². The van der Waals surface area contributed by atoms with Crippen molar-refractivity contribution in [1.82, 2.24) is 0 Å². The molecule has 0 unspecified atom stereocenters. The van der Waals surface area contributed by atoms with Crippen LogP contribution in [0.1, 0.15) is 29.8 Å². The highest BCUT2D eigenvalue weighted by Gasteiger charge is 2.13. The van der Waals surface area contributed by atoms with Crippen LogP contribution in [0.15, 0.2) is 36.4 Å². The molecular weight excluding hydrogens is 460 g/mol. The number of hydrogen-bond acceptors (Lipinski definition) is 8. The van der Waals surface area contributed by atoms with E-state index in [1.807, 2.05) is 24.9 Å². The number of benzene rings is 2. The quantitative estimate of drug-likeness (QED) is 0.210. The summed E-state index contributed by atoms with van der Waals surface area (Å²) < 4.78 is 28.3. The molecule has 0 heterocycles. The van der Waals surface area contributed by atoms with Crippen LogP contribution in [0.4, 0.5) is 11.4 Å². The third kappa shape index (κ3) is 9.33. The summed E-state index contributed by atoms with van der Waals surface area (Å²) in [6, 6.07) is 11.8. The summed E-state index contributed by atoms with van der Waals surface area (Å²) in [6.45, 7) is 9.83. The lowest BCUT2D eigenvalue weighted by Gasteiger charge is -2.27. The highest BCUT2D eigenvalue weighted by atomic mass is 16.5. The van der Waals surface area contributed by atoms with Crippen LogP contribution >= 0.6 is 0 Å². The molecule has 0 aromatic heterocycles. The lowest BCUT2D eigenvalue weighted by atomic mass is 10.1. The molecule has 0 aliphatic heterocycles. The van der Waals surface area contributed by atoms with E-state index in [1.54, 1.807) is 26.4 Å². The first-order valence-electron chi connectivity index (χ1n) is 12.6. The maximum atomic E-state index is 11.0. The second kappa shape index (κ2) is 16.8. The molecule has 8 heteroatoms. The molecule has 0 N–H and O–H groups in total. The highest BCUT2D eigenvalue weighted by Crippen LogP contribution is 2.30. The van der Waals surface area contributed by atoms with Gasteiger partial charge in [0.25, 0.3) is 0 Å². The van der Waals surface area contributed by atoms with Crippen molar-refractivity contribution < 1.29 is 28.5 Å². The molecule has 0 aliphatic rings. The Kier molecular flexibility index (Phi) is 13.7. The Balaban J connectivity index is 1.75. The number of methoxy groups -OCH3 is 2.